The number of rotatable bonds is 4. The van der Waals surface area contributed by atoms with Crippen LogP contribution in [0.2, 0.25) is 0 Å². The Hall–Kier alpha value is -2.05. The lowest BCUT2D eigenvalue weighted by Gasteiger charge is -2.35. The van der Waals surface area contributed by atoms with Gasteiger partial charge in [-0.1, -0.05) is 6.07 Å². The van der Waals surface area contributed by atoms with Gasteiger partial charge in [0, 0.05) is 44.5 Å². The van der Waals surface area contributed by atoms with E-state index in [1.807, 2.05) is 13.1 Å². The molecule has 0 bridgehead atoms. The van der Waals surface area contributed by atoms with Crippen LogP contribution in [0.25, 0.3) is 0 Å². The average Bonchev–Trinajstić information content (AvgIpc) is 2.70. The summed E-state index contributed by atoms with van der Waals surface area (Å²) in [6, 6.07) is 4.65. The Kier molecular flexibility index (Phi) is 5.60. The van der Waals surface area contributed by atoms with E-state index in [1.54, 1.807) is 0 Å². The Morgan fingerprint density at radius 2 is 1.93 bits per heavy atom. The van der Waals surface area contributed by atoms with Crippen molar-refractivity contribution >= 4 is 5.82 Å². The predicted molar refractivity (Wildman–Crippen MR) is 113 cm³/mol. The Labute approximate surface area is 168 Å². The number of nitrogens with zero attached hydrogens (tertiary/aromatic N) is 6. The molecule has 2 aromatic heterocycles. The number of aromatic nitrogens is 3. The quantitative estimate of drug-likeness (QED) is 0.813. The number of hydrogen-bond donors (Lipinski definition) is 0. The minimum atomic E-state index is 0.367. The number of anilines is 1. The van der Waals surface area contributed by atoms with E-state index >= 15 is 0 Å². The molecule has 1 aliphatic heterocycles. The minimum Gasteiger partial charge on any atom is -0.354 e. The summed E-state index contributed by atoms with van der Waals surface area (Å²) >= 11 is 0. The average molecular weight is 381 g/mol. The summed E-state index contributed by atoms with van der Waals surface area (Å²) in [6.45, 7) is 9.26. The van der Waals surface area contributed by atoms with E-state index in [-0.39, 0.29) is 0 Å². The summed E-state index contributed by atoms with van der Waals surface area (Å²) in [6.07, 6.45) is 5.46. The van der Waals surface area contributed by atoms with Crippen molar-refractivity contribution in [3.63, 3.8) is 0 Å². The normalized spacial score (nSPS) is 20.5. The first kappa shape index (κ1) is 19.3. The summed E-state index contributed by atoms with van der Waals surface area (Å²) < 4.78 is 0. The summed E-state index contributed by atoms with van der Waals surface area (Å²) in [5.74, 6) is 1.98. The van der Waals surface area contributed by atoms with Crippen LogP contribution < -0.4 is 4.90 Å². The van der Waals surface area contributed by atoms with E-state index in [2.05, 4.69) is 47.9 Å². The number of likely N-dealkylation sites (N-methyl/N-ethyl adjacent to an activating group) is 1. The molecule has 0 N–H and O–H groups in total. The molecular formula is C22H32N6. The molecule has 6 nitrogen and oxygen atoms in total. The van der Waals surface area contributed by atoms with Gasteiger partial charge in [-0.05, 0) is 58.8 Å². The van der Waals surface area contributed by atoms with Crippen LogP contribution in [0.1, 0.15) is 47.2 Å². The lowest BCUT2D eigenvalue weighted by Crippen LogP contribution is -2.45. The molecular weight excluding hydrogens is 348 g/mol. The lowest BCUT2D eigenvalue weighted by atomic mass is 9.91. The molecule has 6 heteroatoms. The second kappa shape index (κ2) is 8.13. The molecule has 4 rings (SSSR count). The first-order chi connectivity index (χ1) is 13.5. The Bertz CT molecular complexity index is 828. The molecule has 1 saturated heterocycles. The van der Waals surface area contributed by atoms with E-state index in [4.69, 9.17) is 15.0 Å². The fourth-order valence-electron chi connectivity index (χ4n) is 4.51. The summed E-state index contributed by atoms with van der Waals surface area (Å²) in [4.78, 5) is 21.6. The Balaban J connectivity index is 1.57. The lowest BCUT2D eigenvalue weighted by molar-refractivity contribution is 0.205. The van der Waals surface area contributed by atoms with Gasteiger partial charge in [-0.2, -0.15) is 0 Å². The smallest absolute Gasteiger partial charge is 0.135 e. The number of piperazine rings is 1. The van der Waals surface area contributed by atoms with Gasteiger partial charge < -0.3 is 9.80 Å². The van der Waals surface area contributed by atoms with Gasteiger partial charge in [-0.15, -0.1) is 0 Å². The zero-order valence-corrected chi connectivity index (χ0v) is 17.6. The fraction of sp³-hybridized carbons (Fsp3) is 0.591. The molecule has 0 saturated carbocycles. The standard InChI is InChI=1S/C22H32N6/c1-16-19(24-17(2)25-22(16)28-13-11-26(3)12-14-28)15-27(4)20-9-5-7-18-8-6-10-23-21(18)20/h6,8,10,20H,5,7,9,11-15H2,1-4H3/t20-/m0/s1. The molecule has 28 heavy (non-hydrogen) atoms. The molecule has 1 fully saturated rings. The third kappa shape index (κ3) is 3.89. The van der Waals surface area contributed by atoms with Crippen LogP contribution in [0.4, 0.5) is 5.82 Å². The van der Waals surface area contributed by atoms with E-state index < -0.39 is 0 Å². The maximum atomic E-state index is 4.82. The molecule has 0 spiro atoms. The zero-order chi connectivity index (χ0) is 19.7. The highest BCUT2D eigenvalue weighted by Crippen LogP contribution is 2.33. The number of fused-ring (bicyclic) bond motifs is 1. The first-order valence-corrected chi connectivity index (χ1v) is 10.4. The van der Waals surface area contributed by atoms with Crippen molar-refractivity contribution in [2.75, 3.05) is 45.2 Å². The van der Waals surface area contributed by atoms with E-state index in [9.17, 15) is 0 Å². The van der Waals surface area contributed by atoms with Crippen molar-refractivity contribution in [2.24, 2.45) is 0 Å². The third-order valence-corrected chi connectivity index (χ3v) is 6.23. The monoisotopic (exact) mass is 380 g/mol. The van der Waals surface area contributed by atoms with Crippen molar-refractivity contribution in [2.45, 2.75) is 45.7 Å². The molecule has 3 heterocycles. The van der Waals surface area contributed by atoms with Gasteiger partial charge in [0.05, 0.1) is 17.4 Å². The summed E-state index contributed by atoms with van der Waals surface area (Å²) in [5.41, 5.74) is 5.02. The van der Waals surface area contributed by atoms with Gasteiger partial charge in [0.15, 0.2) is 0 Å². The molecule has 2 aromatic rings. The van der Waals surface area contributed by atoms with Crippen LogP contribution in [0.5, 0.6) is 0 Å². The molecule has 0 amide bonds. The predicted octanol–water partition coefficient (Wildman–Crippen LogP) is 2.75. The van der Waals surface area contributed by atoms with Gasteiger partial charge >= 0.3 is 0 Å². The second-order valence-corrected chi connectivity index (χ2v) is 8.33. The van der Waals surface area contributed by atoms with Crippen LogP contribution >= 0.6 is 0 Å². The SMILES string of the molecule is Cc1nc(CN(C)[C@H]2CCCc3cccnc32)c(C)c(N2CCN(C)CC2)n1. The molecule has 0 aromatic carbocycles. The summed E-state index contributed by atoms with van der Waals surface area (Å²) in [5, 5.41) is 0. The molecule has 150 valence electrons. The van der Waals surface area contributed by atoms with E-state index in [0.717, 1.165) is 62.9 Å². The highest BCUT2D eigenvalue weighted by atomic mass is 15.3. The van der Waals surface area contributed by atoms with Crippen LogP contribution in [-0.2, 0) is 13.0 Å². The summed E-state index contributed by atoms with van der Waals surface area (Å²) in [7, 11) is 4.40. The maximum Gasteiger partial charge on any atom is 0.135 e. The molecule has 2 aliphatic rings. The number of hydrogen-bond acceptors (Lipinski definition) is 6. The van der Waals surface area contributed by atoms with Gasteiger partial charge in [-0.25, -0.2) is 9.97 Å². The van der Waals surface area contributed by atoms with Crippen molar-refractivity contribution in [1.29, 1.82) is 0 Å². The molecule has 1 aliphatic carbocycles. The highest BCUT2D eigenvalue weighted by molar-refractivity contribution is 5.49. The minimum absolute atomic E-state index is 0.367. The van der Waals surface area contributed by atoms with Crippen LogP contribution in [0.3, 0.4) is 0 Å². The van der Waals surface area contributed by atoms with Gasteiger partial charge in [0.1, 0.15) is 11.6 Å². The van der Waals surface area contributed by atoms with Gasteiger partial charge in [-0.3, -0.25) is 9.88 Å². The van der Waals surface area contributed by atoms with E-state index in [0.29, 0.717) is 6.04 Å². The molecule has 0 unspecified atom stereocenters. The fourth-order valence-corrected chi connectivity index (χ4v) is 4.51. The van der Waals surface area contributed by atoms with Gasteiger partial charge in [0.25, 0.3) is 0 Å². The van der Waals surface area contributed by atoms with Crippen molar-refractivity contribution in [3.8, 4) is 0 Å². The second-order valence-electron chi connectivity index (χ2n) is 8.33. The van der Waals surface area contributed by atoms with Crippen LogP contribution in [-0.4, -0.2) is 65.0 Å². The number of aryl methyl sites for hydroxylation is 2. The first-order valence-electron chi connectivity index (χ1n) is 10.4. The van der Waals surface area contributed by atoms with Crippen LogP contribution in [0, 0.1) is 13.8 Å². The topological polar surface area (TPSA) is 48.4 Å². The highest BCUT2D eigenvalue weighted by Gasteiger charge is 2.26. The van der Waals surface area contributed by atoms with Crippen molar-refractivity contribution in [1.82, 2.24) is 24.8 Å². The van der Waals surface area contributed by atoms with Gasteiger partial charge in [0.2, 0.25) is 0 Å². The third-order valence-electron chi connectivity index (χ3n) is 6.23. The molecule has 1 atom stereocenters. The van der Waals surface area contributed by atoms with Crippen molar-refractivity contribution in [3.05, 3.63) is 46.7 Å². The Morgan fingerprint density at radius 1 is 1.14 bits per heavy atom. The van der Waals surface area contributed by atoms with E-state index in [1.165, 1.54) is 23.2 Å². The Morgan fingerprint density at radius 3 is 2.71 bits per heavy atom. The maximum absolute atomic E-state index is 4.82. The zero-order valence-electron chi connectivity index (χ0n) is 17.6. The van der Waals surface area contributed by atoms with Crippen molar-refractivity contribution < 1.29 is 0 Å². The number of pyridine rings is 1. The molecule has 0 radical (unpaired) electrons. The van der Waals surface area contributed by atoms with Crippen LogP contribution in [0.15, 0.2) is 18.3 Å². The largest absolute Gasteiger partial charge is 0.354 e.